The Hall–Kier alpha value is -1.34. The molecule has 0 saturated carbocycles. The predicted molar refractivity (Wildman–Crippen MR) is 99.2 cm³/mol. The van der Waals surface area contributed by atoms with Crippen LogP contribution in [0.1, 0.15) is 12.8 Å². The zero-order valence-corrected chi connectivity index (χ0v) is 14.1. The van der Waals surface area contributed by atoms with Crippen molar-refractivity contribution in [3.63, 3.8) is 0 Å². The molecule has 0 aliphatic carbocycles. The minimum atomic E-state index is 0.991. The summed E-state index contributed by atoms with van der Waals surface area (Å²) in [4.78, 5) is 2.41. The molecule has 2 aromatic carbocycles. The van der Waals surface area contributed by atoms with Crippen LogP contribution in [0, 0.1) is 0 Å². The molecule has 2 rings (SSSR count). The van der Waals surface area contributed by atoms with Crippen molar-refractivity contribution in [2.75, 3.05) is 22.4 Å². The van der Waals surface area contributed by atoms with Crippen LogP contribution in [0.2, 0.25) is 0 Å². The van der Waals surface area contributed by atoms with Gasteiger partial charge in [-0.05, 0) is 48.6 Å². The minimum absolute atomic E-state index is 0.991. The van der Waals surface area contributed by atoms with Crippen molar-refractivity contribution in [1.82, 2.24) is 0 Å². The lowest BCUT2D eigenvalue weighted by Gasteiger charge is -2.09. The zero-order chi connectivity index (χ0) is 15.6. The van der Waals surface area contributed by atoms with Gasteiger partial charge >= 0.3 is 0 Å². The largest absolute Gasteiger partial charge is 0.323 e. The average Bonchev–Trinajstić information content (AvgIpc) is 2.58. The van der Waals surface area contributed by atoms with Crippen LogP contribution >= 0.6 is 23.5 Å². The molecule has 6 heteroatoms. The molecule has 0 saturated heterocycles. The standard InChI is InChI=1S/C16H22N4S2/c17-19-13-7-1-3-9-15(13)21-11-5-6-12-22-16-10-4-2-8-14(16)20-18/h1-4,7-10,19-20H,5-6,11-12,17-18H2. The summed E-state index contributed by atoms with van der Waals surface area (Å²) in [7, 11) is 0. The summed E-state index contributed by atoms with van der Waals surface area (Å²) in [5.74, 6) is 13.2. The van der Waals surface area contributed by atoms with Gasteiger partial charge in [-0.3, -0.25) is 11.7 Å². The predicted octanol–water partition coefficient (Wildman–Crippen LogP) is 3.92. The number of nitrogens with one attached hydrogen (secondary N) is 2. The van der Waals surface area contributed by atoms with E-state index in [4.69, 9.17) is 11.7 Å². The summed E-state index contributed by atoms with van der Waals surface area (Å²) >= 11 is 3.68. The Morgan fingerprint density at radius 3 is 1.50 bits per heavy atom. The van der Waals surface area contributed by atoms with Crippen molar-refractivity contribution < 1.29 is 0 Å². The number of nitrogen functional groups attached to an aromatic ring is 2. The molecule has 22 heavy (non-hydrogen) atoms. The lowest BCUT2D eigenvalue weighted by molar-refractivity contribution is 0.907. The average molecular weight is 335 g/mol. The van der Waals surface area contributed by atoms with Crippen molar-refractivity contribution in [3.8, 4) is 0 Å². The van der Waals surface area contributed by atoms with E-state index < -0.39 is 0 Å². The summed E-state index contributed by atoms with van der Waals surface area (Å²) in [5.41, 5.74) is 7.46. The van der Waals surface area contributed by atoms with E-state index in [1.54, 1.807) is 0 Å². The van der Waals surface area contributed by atoms with E-state index in [2.05, 4.69) is 23.0 Å². The highest BCUT2D eigenvalue weighted by Gasteiger charge is 2.02. The molecule has 2 aromatic rings. The first-order valence-electron chi connectivity index (χ1n) is 7.22. The molecular weight excluding hydrogens is 312 g/mol. The summed E-state index contributed by atoms with van der Waals surface area (Å²) in [6, 6.07) is 16.2. The van der Waals surface area contributed by atoms with E-state index in [0.29, 0.717) is 0 Å². The first-order chi connectivity index (χ1) is 10.8. The Bertz CT molecular complexity index is 526. The highest BCUT2D eigenvalue weighted by atomic mass is 32.2. The fourth-order valence-corrected chi connectivity index (χ4v) is 4.04. The van der Waals surface area contributed by atoms with Crippen LogP contribution in [0.3, 0.4) is 0 Å². The van der Waals surface area contributed by atoms with Gasteiger partial charge in [0.15, 0.2) is 0 Å². The summed E-state index contributed by atoms with van der Waals surface area (Å²) in [6.45, 7) is 0. The van der Waals surface area contributed by atoms with Gasteiger partial charge in [-0.1, -0.05) is 24.3 Å². The molecule has 0 aliphatic heterocycles. The number of unbranched alkanes of at least 4 members (excludes halogenated alkanes) is 1. The van der Waals surface area contributed by atoms with Crippen molar-refractivity contribution in [1.29, 1.82) is 0 Å². The molecule has 0 spiro atoms. The van der Waals surface area contributed by atoms with Crippen LogP contribution in [0.4, 0.5) is 11.4 Å². The molecular formula is C16H22N4S2. The van der Waals surface area contributed by atoms with Gasteiger partial charge in [-0.2, -0.15) is 0 Å². The van der Waals surface area contributed by atoms with E-state index in [-0.39, 0.29) is 0 Å². The second-order valence-electron chi connectivity index (χ2n) is 4.69. The number of thioether (sulfide) groups is 2. The second kappa shape index (κ2) is 9.63. The van der Waals surface area contributed by atoms with Gasteiger partial charge in [-0.15, -0.1) is 23.5 Å². The summed E-state index contributed by atoms with van der Waals surface area (Å²) < 4.78 is 0. The number of nitrogens with two attached hydrogens (primary N) is 2. The zero-order valence-electron chi connectivity index (χ0n) is 12.4. The maximum Gasteiger partial charge on any atom is 0.0620 e. The topological polar surface area (TPSA) is 76.1 Å². The normalized spacial score (nSPS) is 10.5. The first kappa shape index (κ1) is 17.0. The lowest BCUT2D eigenvalue weighted by Crippen LogP contribution is -2.07. The summed E-state index contributed by atoms with van der Waals surface area (Å²) in [5, 5.41) is 0. The first-order valence-corrected chi connectivity index (χ1v) is 9.19. The van der Waals surface area contributed by atoms with Crippen LogP contribution in [0.15, 0.2) is 58.3 Å². The Morgan fingerprint density at radius 2 is 1.09 bits per heavy atom. The highest BCUT2D eigenvalue weighted by molar-refractivity contribution is 7.99. The Balaban J connectivity index is 1.67. The lowest BCUT2D eigenvalue weighted by atomic mass is 10.3. The Kier molecular flexibility index (Phi) is 7.45. The monoisotopic (exact) mass is 334 g/mol. The van der Waals surface area contributed by atoms with Crippen molar-refractivity contribution in [2.45, 2.75) is 22.6 Å². The van der Waals surface area contributed by atoms with Gasteiger partial charge in [0.25, 0.3) is 0 Å². The van der Waals surface area contributed by atoms with Crippen molar-refractivity contribution >= 4 is 34.9 Å². The van der Waals surface area contributed by atoms with E-state index in [9.17, 15) is 0 Å². The molecule has 0 aliphatic rings. The van der Waals surface area contributed by atoms with Gasteiger partial charge in [0.05, 0.1) is 11.4 Å². The fourth-order valence-electron chi connectivity index (χ4n) is 1.99. The third-order valence-electron chi connectivity index (χ3n) is 3.14. The molecule has 0 radical (unpaired) electrons. The fraction of sp³-hybridized carbons (Fsp3) is 0.250. The smallest absolute Gasteiger partial charge is 0.0620 e. The molecule has 6 N–H and O–H groups in total. The number of hydrogen-bond acceptors (Lipinski definition) is 6. The number of para-hydroxylation sites is 2. The second-order valence-corrected chi connectivity index (χ2v) is 6.96. The van der Waals surface area contributed by atoms with Crippen LogP contribution < -0.4 is 22.5 Å². The van der Waals surface area contributed by atoms with E-state index >= 15 is 0 Å². The minimum Gasteiger partial charge on any atom is -0.323 e. The molecule has 0 amide bonds. The highest BCUT2D eigenvalue weighted by Crippen LogP contribution is 2.29. The Labute approximate surface area is 140 Å². The number of anilines is 2. The van der Waals surface area contributed by atoms with E-state index in [1.807, 2.05) is 59.9 Å². The quantitative estimate of drug-likeness (QED) is 0.241. The SMILES string of the molecule is NNc1ccccc1SCCCCSc1ccccc1NN. The number of hydrazine groups is 2. The van der Waals surface area contributed by atoms with Crippen LogP contribution in [-0.4, -0.2) is 11.5 Å². The maximum absolute atomic E-state index is 5.51. The van der Waals surface area contributed by atoms with Crippen LogP contribution in [0.25, 0.3) is 0 Å². The third-order valence-corrected chi connectivity index (χ3v) is 5.46. The van der Waals surface area contributed by atoms with Crippen molar-refractivity contribution in [2.24, 2.45) is 11.7 Å². The summed E-state index contributed by atoms with van der Waals surface area (Å²) in [6.07, 6.45) is 2.35. The van der Waals surface area contributed by atoms with E-state index in [1.165, 1.54) is 22.6 Å². The molecule has 0 aromatic heterocycles. The van der Waals surface area contributed by atoms with Gasteiger partial charge in [0.2, 0.25) is 0 Å². The van der Waals surface area contributed by atoms with Gasteiger partial charge in [-0.25, -0.2) is 0 Å². The molecule has 0 heterocycles. The van der Waals surface area contributed by atoms with Gasteiger partial charge in [0, 0.05) is 9.79 Å². The molecule has 0 bridgehead atoms. The third kappa shape index (κ3) is 5.14. The van der Waals surface area contributed by atoms with Crippen LogP contribution in [-0.2, 0) is 0 Å². The molecule has 118 valence electrons. The molecule has 0 unspecified atom stereocenters. The molecule has 0 fully saturated rings. The maximum atomic E-state index is 5.51. The molecule has 4 nitrogen and oxygen atoms in total. The Morgan fingerprint density at radius 1 is 0.682 bits per heavy atom. The van der Waals surface area contributed by atoms with Crippen LogP contribution in [0.5, 0.6) is 0 Å². The number of hydrogen-bond donors (Lipinski definition) is 4. The molecule has 0 atom stereocenters. The number of benzene rings is 2. The van der Waals surface area contributed by atoms with Gasteiger partial charge < -0.3 is 10.9 Å². The van der Waals surface area contributed by atoms with Gasteiger partial charge in [0.1, 0.15) is 0 Å². The van der Waals surface area contributed by atoms with E-state index in [0.717, 1.165) is 22.9 Å². The van der Waals surface area contributed by atoms with Crippen molar-refractivity contribution in [3.05, 3.63) is 48.5 Å². The number of rotatable bonds is 9.